The molecule has 0 bridgehead atoms. The number of halogens is 1. The summed E-state index contributed by atoms with van der Waals surface area (Å²) in [5.74, 6) is 0.954. The number of ether oxygens (including phenoxy) is 1. The maximum atomic E-state index is 11.5. The molecule has 0 spiro atoms. The molecule has 3 N–H and O–H groups in total. The number of hydrogen-bond donors (Lipinski definition) is 2. The van der Waals surface area contributed by atoms with Crippen molar-refractivity contribution in [1.29, 1.82) is 0 Å². The van der Waals surface area contributed by atoms with E-state index in [-0.39, 0.29) is 6.61 Å². The standard InChI is InChI=1S/C12H18BrN5O2/c1-2-3-15-11-9(13)12(17-7-16-11)18-4-5-20-6-8(18)10(14)19/h7-8H,2-6H2,1H3,(H2,14,19)(H,15,16,17). The van der Waals surface area contributed by atoms with Crippen LogP contribution in [0.4, 0.5) is 11.6 Å². The van der Waals surface area contributed by atoms with Crippen LogP contribution in [0.2, 0.25) is 0 Å². The molecule has 0 aliphatic carbocycles. The first-order chi connectivity index (χ1) is 9.65. The third-order valence-corrected chi connectivity index (χ3v) is 3.77. The van der Waals surface area contributed by atoms with Gasteiger partial charge in [-0.15, -0.1) is 0 Å². The monoisotopic (exact) mass is 343 g/mol. The lowest BCUT2D eigenvalue weighted by Gasteiger charge is -2.35. The molecule has 1 aromatic heterocycles. The number of primary amides is 1. The zero-order valence-corrected chi connectivity index (χ0v) is 12.9. The third-order valence-electron chi connectivity index (χ3n) is 3.04. The van der Waals surface area contributed by atoms with E-state index in [2.05, 4.69) is 38.1 Å². The van der Waals surface area contributed by atoms with E-state index in [0.717, 1.165) is 17.4 Å². The minimum absolute atomic E-state index is 0.281. The van der Waals surface area contributed by atoms with Crippen LogP contribution < -0.4 is 16.0 Å². The smallest absolute Gasteiger partial charge is 0.242 e. The van der Waals surface area contributed by atoms with Crippen LogP contribution in [0, 0.1) is 0 Å². The van der Waals surface area contributed by atoms with Crippen molar-refractivity contribution in [3.05, 3.63) is 10.8 Å². The lowest BCUT2D eigenvalue weighted by Crippen LogP contribution is -2.53. The number of aromatic nitrogens is 2. The zero-order valence-electron chi connectivity index (χ0n) is 11.3. The van der Waals surface area contributed by atoms with Crippen LogP contribution in [0.3, 0.4) is 0 Å². The summed E-state index contributed by atoms with van der Waals surface area (Å²) >= 11 is 3.50. The molecule has 0 radical (unpaired) electrons. The lowest BCUT2D eigenvalue weighted by atomic mass is 10.2. The summed E-state index contributed by atoms with van der Waals surface area (Å²) in [5, 5.41) is 3.21. The first kappa shape index (κ1) is 15.0. The molecular formula is C12H18BrN5O2. The predicted molar refractivity (Wildman–Crippen MR) is 79.7 cm³/mol. The van der Waals surface area contributed by atoms with Crippen LogP contribution >= 0.6 is 15.9 Å². The average molecular weight is 344 g/mol. The van der Waals surface area contributed by atoms with Gasteiger partial charge in [0.05, 0.1) is 13.2 Å². The molecule has 1 fully saturated rings. The van der Waals surface area contributed by atoms with E-state index in [1.807, 2.05) is 4.90 Å². The molecule has 1 saturated heterocycles. The Morgan fingerprint density at radius 1 is 1.65 bits per heavy atom. The first-order valence-electron chi connectivity index (χ1n) is 6.53. The third kappa shape index (κ3) is 3.18. The average Bonchev–Trinajstić information content (AvgIpc) is 2.46. The summed E-state index contributed by atoms with van der Waals surface area (Å²) in [6, 6.07) is -0.506. The molecule has 1 amide bonds. The highest BCUT2D eigenvalue weighted by atomic mass is 79.9. The molecule has 1 atom stereocenters. The van der Waals surface area contributed by atoms with Gasteiger partial charge in [0.1, 0.15) is 28.5 Å². The van der Waals surface area contributed by atoms with E-state index in [9.17, 15) is 4.79 Å². The Morgan fingerprint density at radius 2 is 2.45 bits per heavy atom. The van der Waals surface area contributed by atoms with Crippen LogP contribution in [0.5, 0.6) is 0 Å². The van der Waals surface area contributed by atoms with Gasteiger partial charge in [0.25, 0.3) is 0 Å². The Labute approximate surface area is 126 Å². The van der Waals surface area contributed by atoms with E-state index in [1.54, 1.807) is 0 Å². The summed E-state index contributed by atoms with van der Waals surface area (Å²) in [6.45, 7) is 4.28. The largest absolute Gasteiger partial charge is 0.377 e. The normalized spacial score (nSPS) is 18.9. The highest BCUT2D eigenvalue weighted by molar-refractivity contribution is 9.10. The summed E-state index contributed by atoms with van der Waals surface area (Å²) in [5.41, 5.74) is 5.43. The van der Waals surface area contributed by atoms with Crippen molar-refractivity contribution in [2.45, 2.75) is 19.4 Å². The number of nitrogens with two attached hydrogens (primary N) is 1. The van der Waals surface area contributed by atoms with E-state index in [0.29, 0.717) is 24.8 Å². The second kappa shape index (κ2) is 6.85. The van der Waals surface area contributed by atoms with E-state index < -0.39 is 11.9 Å². The van der Waals surface area contributed by atoms with Crippen molar-refractivity contribution in [2.24, 2.45) is 5.73 Å². The van der Waals surface area contributed by atoms with Gasteiger partial charge < -0.3 is 20.7 Å². The minimum atomic E-state index is -0.506. The Hall–Kier alpha value is -1.41. The Kier molecular flexibility index (Phi) is 5.13. The molecule has 1 aliphatic rings. The number of morpholine rings is 1. The highest BCUT2D eigenvalue weighted by Crippen LogP contribution is 2.31. The molecule has 1 unspecified atom stereocenters. The van der Waals surface area contributed by atoms with Crippen LogP contribution in [0.25, 0.3) is 0 Å². The molecule has 8 heteroatoms. The predicted octanol–water partition coefficient (Wildman–Crippen LogP) is 0.751. The van der Waals surface area contributed by atoms with Gasteiger partial charge in [-0.1, -0.05) is 6.92 Å². The molecule has 2 heterocycles. The Balaban J connectivity index is 2.28. The molecule has 0 saturated carbocycles. The van der Waals surface area contributed by atoms with Crippen LogP contribution in [-0.2, 0) is 9.53 Å². The molecule has 1 aromatic rings. The number of carbonyl (C=O) groups excluding carboxylic acids is 1. The topological polar surface area (TPSA) is 93.4 Å². The fourth-order valence-corrected chi connectivity index (χ4v) is 2.59. The highest BCUT2D eigenvalue weighted by Gasteiger charge is 2.30. The fourth-order valence-electron chi connectivity index (χ4n) is 2.02. The van der Waals surface area contributed by atoms with Gasteiger partial charge in [-0.05, 0) is 22.4 Å². The number of carbonyl (C=O) groups is 1. The number of rotatable bonds is 5. The quantitative estimate of drug-likeness (QED) is 0.819. The van der Waals surface area contributed by atoms with E-state index in [1.165, 1.54) is 6.33 Å². The number of nitrogens with one attached hydrogen (secondary N) is 1. The van der Waals surface area contributed by atoms with E-state index in [4.69, 9.17) is 10.5 Å². The van der Waals surface area contributed by atoms with Crippen molar-refractivity contribution < 1.29 is 9.53 Å². The van der Waals surface area contributed by atoms with Gasteiger partial charge in [0.2, 0.25) is 5.91 Å². The minimum Gasteiger partial charge on any atom is -0.377 e. The van der Waals surface area contributed by atoms with Crippen molar-refractivity contribution >= 4 is 33.5 Å². The summed E-state index contributed by atoms with van der Waals surface area (Å²) < 4.78 is 6.05. The summed E-state index contributed by atoms with van der Waals surface area (Å²) in [4.78, 5) is 21.9. The molecule has 110 valence electrons. The van der Waals surface area contributed by atoms with Crippen molar-refractivity contribution in [1.82, 2.24) is 9.97 Å². The summed E-state index contributed by atoms with van der Waals surface area (Å²) in [6.07, 6.45) is 2.47. The molecule has 20 heavy (non-hydrogen) atoms. The number of amides is 1. The number of hydrogen-bond acceptors (Lipinski definition) is 6. The summed E-state index contributed by atoms with van der Waals surface area (Å²) in [7, 11) is 0. The fraction of sp³-hybridized carbons (Fsp3) is 0.583. The molecular weight excluding hydrogens is 326 g/mol. The van der Waals surface area contributed by atoms with E-state index >= 15 is 0 Å². The molecule has 2 rings (SSSR count). The Morgan fingerprint density at radius 3 is 3.15 bits per heavy atom. The number of nitrogens with zero attached hydrogens (tertiary/aromatic N) is 3. The number of anilines is 2. The molecule has 0 aromatic carbocycles. The second-order valence-corrected chi connectivity index (χ2v) is 5.27. The van der Waals surface area contributed by atoms with Crippen LogP contribution in [-0.4, -0.2) is 48.2 Å². The van der Waals surface area contributed by atoms with Crippen molar-refractivity contribution in [3.8, 4) is 0 Å². The maximum absolute atomic E-state index is 11.5. The van der Waals surface area contributed by atoms with Gasteiger partial charge in [0, 0.05) is 13.1 Å². The van der Waals surface area contributed by atoms with Gasteiger partial charge in [-0.3, -0.25) is 4.79 Å². The van der Waals surface area contributed by atoms with Crippen LogP contribution in [0.1, 0.15) is 13.3 Å². The van der Waals surface area contributed by atoms with Gasteiger partial charge in [-0.2, -0.15) is 0 Å². The van der Waals surface area contributed by atoms with Crippen LogP contribution in [0.15, 0.2) is 10.8 Å². The zero-order chi connectivity index (χ0) is 14.5. The van der Waals surface area contributed by atoms with Gasteiger partial charge in [-0.25, -0.2) is 9.97 Å². The van der Waals surface area contributed by atoms with Crippen molar-refractivity contribution in [2.75, 3.05) is 36.5 Å². The lowest BCUT2D eigenvalue weighted by molar-refractivity contribution is -0.121. The second-order valence-electron chi connectivity index (χ2n) is 4.47. The first-order valence-corrected chi connectivity index (χ1v) is 7.32. The van der Waals surface area contributed by atoms with Gasteiger partial charge in [0.15, 0.2) is 0 Å². The van der Waals surface area contributed by atoms with Gasteiger partial charge >= 0.3 is 0 Å². The maximum Gasteiger partial charge on any atom is 0.242 e. The molecule has 7 nitrogen and oxygen atoms in total. The van der Waals surface area contributed by atoms with Crippen molar-refractivity contribution in [3.63, 3.8) is 0 Å². The molecule has 1 aliphatic heterocycles. The Bertz CT molecular complexity index is 485. The SMILES string of the molecule is CCCNc1ncnc(N2CCOCC2C(N)=O)c1Br.